The van der Waals surface area contributed by atoms with Crippen LogP contribution in [0.25, 0.3) is 0 Å². The van der Waals surface area contributed by atoms with Crippen LogP contribution in [0.3, 0.4) is 0 Å². The molecule has 20 heavy (non-hydrogen) atoms. The van der Waals surface area contributed by atoms with E-state index in [0.29, 0.717) is 5.56 Å². The first-order valence-corrected chi connectivity index (χ1v) is 6.29. The van der Waals surface area contributed by atoms with Gasteiger partial charge in [-0.25, -0.2) is 0 Å². The van der Waals surface area contributed by atoms with Gasteiger partial charge in [0.1, 0.15) is 5.41 Å². The normalized spacial score (nSPS) is 13.8. The molecule has 1 rings (SSSR count). The Bertz CT molecular complexity index is 531. The maximum absolute atomic E-state index is 12.5. The maximum Gasteiger partial charge on any atom is 0.319 e. The van der Waals surface area contributed by atoms with Gasteiger partial charge < -0.3 is 4.74 Å². The first-order valence-electron chi connectivity index (χ1n) is 6.29. The van der Waals surface area contributed by atoms with Crippen molar-refractivity contribution in [3.63, 3.8) is 0 Å². The number of carbonyl (C=O) groups is 3. The molecular formula is C16H18O4. The molecule has 0 saturated carbocycles. The lowest BCUT2D eigenvalue weighted by Gasteiger charge is -2.24. The van der Waals surface area contributed by atoms with Gasteiger partial charge in [-0.2, -0.15) is 0 Å². The zero-order chi connectivity index (χ0) is 15.2. The number of benzene rings is 1. The summed E-state index contributed by atoms with van der Waals surface area (Å²) >= 11 is 0. The van der Waals surface area contributed by atoms with Crippen molar-refractivity contribution in [3.05, 3.63) is 48.0 Å². The van der Waals surface area contributed by atoms with Crippen LogP contribution in [0.1, 0.15) is 30.6 Å². The van der Waals surface area contributed by atoms with Gasteiger partial charge in [-0.1, -0.05) is 36.4 Å². The number of Topliss-reactive ketones (excluding diaryl/α,β-unsaturated/α-hetero) is 1. The lowest BCUT2D eigenvalue weighted by atomic mass is 9.78. The highest BCUT2D eigenvalue weighted by molar-refractivity contribution is 6.14. The SMILES string of the molecule is C/C=C/C(=O)CC(C)(C(=O)OC)C(=O)c1ccccc1. The molecular weight excluding hydrogens is 256 g/mol. The van der Waals surface area contributed by atoms with Crippen LogP contribution < -0.4 is 0 Å². The van der Waals surface area contributed by atoms with E-state index in [9.17, 15) is 14.4 Å². The highest BCUT2D eigenvalue weighted by Gasteiger charge is 2.43. The number of esters is 1. The Labute approximate surface area is 118 Å². The molecule has 1 aromatic carbocycles. The number of hydrogen-bond donors (Lipinski definition) is 0. The molecule has 0 aliphatic heterocycles. The summed E-state index contributed by atoms with van der Waals surface area (Å²) in [6, 6.07) is 8.42. The zero-order valence-electron chi connectivity index (χ0n) is 11.9. The molecule has 0 spiro atoms. The van der Waals surface area contributed by atoms with E-state index in [1.807, 2.05) is 0 Å². The van der Waals surface area contributed by atoms with Gasteiger partial charge in [0, 0.05) is 12.0 Å². The monoisotopic (exact) mass is 274 g/mol. The van der Waals surface area contributed by atoms with Crippen molar-refractivity contribution >= 4 is 17.5 Å². The molecule has 4 heteroatoms. The van der Waals surface area contributed by atoms with E-state index in [1.165, 1.54) is 20.1 Å². The fraction of sp³-hybridized carbons (Fsp3) is 0.312. The molecule has 0 bridgehead atoms. The molecule has 0 heterocycles. The summed E-state index contributed by atoms with van der Waals surface area (Å²) in [5.74, 6) is -1.41. The molecule has 0 saturated heterocycles. The lowest BCUT2D eigenvalue weighted by Crippen LogP contribution is -2.39. The highest BCUT2D eigenvalue weighted by Crippen LogP contribution is 2.29. The fourth-order valence-corrected chi connectivity index (χ4v) is 1.97. The van der Waals surface area contributed by atoms with Crippen LogP contribution in [0.4, 0.5) is 0 Å². The molecule has 0 aromatic heterocycles. The Balaban J connectivity index is 3.15. The number of rotatable bonds is 6. The average Bonchev–Trinajstić information content (AvgIpc) is 2.46. The smallest absolute Gasteiger partial charge is 0.319 e. The molecule has 0 N–H and O–H groups in total. The highest BCUT2D eigenvalue weighted by atomic mass is 16.5. The van der Waals surface area contributed by atoms with Crippen LogP contribution in [0.2, 0.25) is 0 Å². The molecule has 0 radical (unpaired) electrons. The summed E-state index contributed by atoms with van der Waals surface area (Å²) in [6.45, 7) is 3.14. The third-order valence-corrected chi connectivity index (χ3v) is 3.05. The number of hydrogen-bond acceptors (Lipinski definition) is 4. The Morgan fingerprint density at radius 2 is 1.80 bits per heavy atom. The molecule has 1 aromatic rings. The molecule has 0 fully saturated rings. The molecule has 106 valence electrons. The zero-order valence-corrected chi connectivity index (χ0v) is 11.9. The molecule has 1 atom stereocenters. The van der Waals surface area contributed by atoms with Gasteiger partial charge in [-0.3, -0.25) is 14.4 Å². The third kappa shape index (κ3) is 3.41. The van der Waals surface area contributed by atoms with Crippen molar-refractivity contribution in [1.29, 1.82) is 0 Å². The quantitative estimate of drug-likeness (QED) is 0.346. The Morgan fingerprint density at radius 1 is 1.20 bits per heavy atom. The number of ketones is 2. The van der Waals surface area contributed by atoms with Crippen LogP contribution in [-0.2, 0) is 14.3 Å². The van der Waals surface area contributed by atoms with Crippen LogP contribution >= 0.6 is 0 Å². The standard InChI is InChI=1S/C16H18O4/c1-4-8-13(17)11-16(2,15(19)20-3)14(18)12-9-6-5-7-10-12/h4-10H,11H2,1-3H3/b8-4+. The molecule has 4 nitrogen and oxygen atoms in total. The van der Waals surface area contributed by atoms with Gasteiger partial charge in [0.05, 0.1) is 7.11 Å². The summed E-state index contributed by atoms with van der Waals surface area (Å²) in [6.07, 6.45) is 2.71. The van der Waals surface area contributed by atoms with Crippen molar-refractivity contribution < 1.29 is 19.1 Å². The van der Waals surface area contributed by atoms with Crippen LogP contribution in [-0.4, -0.2) is 24.6 Å². The van der Waals surface area contributed by atoms with Crippen molar-refractivity contribution in [2.45, 2.75) is 20.3 Å². The first kappa shape index (κ1) is 15.8. The Kier molecular flexibility index (Phi) is 5.38. The van der Waals surface area contributed by atoms with Crippen molar-refractivity contribution in [1.82, 2.24) is 0 Å². The minimum Gasteiger partial charge on any atom is -0.468 e. The Morgan fingerprint density at radius 3 is 2.30 bits per heavy atom. The van der Waals surface area contributed by atoms with E-state index in [2.05, 4.69) is 0 Å². The van der Waals surface area contributed by atoms with E-state index >= 15 is 0 Å². The van der Waals surface area contributed by atoms with E-state index in [-0.39, 0.29) is 12.2 Å². The second-order valence-electron chi connectivity index (χ2n) is 4.66. The number of allylic oxidation sites excluding steroid dienone is 2. The van der Waals surface area contributed by atoms with E-state index in [0.717, 1.165) is 0 Å². The van der Waals surface area contributed by atoms with Gasteiger partial charge in [0.15, 0.2) is 11.6 Å². The lowest BCUT2D eigenvalue weighted by molar-refractivity contribution is -0.150. The Hall–Kier alpha value is -2.23. The van der Waals surface area contributed by atoms with Gasteiger partial charge in [0.25, 0.3) is 0 Å². The fourth-order valence-electron chi connectivity index (χ4n) is 1.97. The largest absolute Gasteiger partial charge is 0.468 e. The topological polar surface area (TPSA) is 60.4 Å². The van der Waals surface area contributed by atoms with E-state index < -0.39 is 17.2 Å². The minimum atomic E-state index is -1.51. The predicted octanol–water partition coefficient (Wildman–Crippen LogP) is 2.58. The van der Waals surface area contributed by atoms with Crippen molar-refractivity contribution in [2.24, 2.45) is 5.41 Å². The summed E-state index contributed by atoms with van der Waals surface area (Å²) in [5, 5.41) is 0. The number of ether oxygens (including phenoxy) is 1. The average molecular weight is 274 g/mol. The summed E-state index contributed by atoms with van der Waals surface area (Å²) in [5.41, 5.74) is -1.12. The number of methoxy groups -OCH3 is 1. The second kappa shape index (κ2) is 6.80. The molecule has 0 aliphatic carbocycles. The van der Waals surface area contributed by atoms with Crippen molar-refractivity contribution in [2.75, 3.05) is 7.11 Å². The molecule has 0 aliphatic rings. The van der Waals surface area contributed by atoms with E-state index in [1.54, 1.807) is 43.3 Å². The summed E-state index contributed by atoms with van der Waals surface area (Å²) in [4.78, 5) is 36.3. The number of carbonyl (C=O) groups excluding carboxylic acids is 3. The van der Waals surface area contributed by atoms with Gasteiger partial charge in [-0.15, -0.1) is 0 Å². The molecule has 1 unspecified atom stereocenters. The van der Waals surface area contributed by atoms with Crippen LogP contribution in [0.15, 0.2) is 42.5 Å². The maximum atomic E-state index is 12.5. The van der Waals surface area contributed by atoms with Crippen LogP contribution in [0.5, 0.6) is 0 Å². The summed E-state index contributed by atoms with van der Waals surface area (Å²) < 4.78 is 4.70. The first-order chi connectivity index (χ1) is 9.45. The molecule has 0 amide bonds. The van der Waals surface area contributed by atoms with Crippen molar-refractivity contribution in [3.8, 4) is 0 Å². The van der Waals surface area contributed by atoms with Gasteiger partial charge in [-0.05, 0) is 19.9 Å². The predicted molar refractivity (Wildman–Crippen MR) is 75.3 cm³/mol. The minimum absolute atomic E-state index is 0.211. The third-order valence-electron chi connectivity index (χ3n) is 3.05. The second-order valence-corrected chi connectivity index (χ2v) is 4.66. The van der Waals surface area contributed by atoms with Gasteiger partial charge in [0.2, 0.25) is 0 Å². The van der Waals surface area contributed by atoms with Gasteiger partial charge >= 0.3 is 5.97 Å². The van der Waals surface area contributed by atoms with Crippen LogP contribution in [0, 0.1) is 5.41 Å². The summed E-state index contributed by atoms with van der Waals surface area (Å²) in [7, 11) is 1.21. The van der Waals surface area contributed by atoms with E-state index in [4.69, 9.17) is 4.74 Å².